The van der Waals surface area contributed by atoms with E-state index in [4.69, 9.17) is 0 Å². The van der Waals surface area contributed by atoms with Gasteiger partial charge < -0.3 is 0 Å². The summed E-state index contributed by atoms with van der Waals surface area (Å²) in [7, 11) is 0. The molecule has 4 rings (SSSR count). The number of hydrazine groups is 1. The summed E-state index contributed by atoms with van der Waals surface area (Å²) in [4.78, 5) is 20.8. The van der Waals surface area contributed by atoms with E-state index in [0.717, 1.165) is 24.4 Å². The van der Waals surface area contributed by atoms with Crippen molar-refractivity contribution in [3.63, 3.8) is 0 Å². The molecule has 1 saturated carbocycles. The first-order chi connectivity index (χ1) is 11.8. The van der Waals surface area contributed by atoms with Gasteiger partial charge in [0.05, 0.1) is 5.69 Å². The van der Waals surface area contributed by atoms with Crippen LogP contribution in [0.15, 0.2) is 54.7 Å². The molecule has 0 saturated heterocycles. The van der Waals surface area contributed by atoms with E-state index in [9.17, 15) is 4.79 Å². The molecule has 0 unspecified atom stereocenters. The van der Waals surface area contributed by atoms with Crippen LogP contribution in [0.2, 0.25) is 0 Å². The molecule has 2 N–H and O–H groups in total. The van der Waals surface area contributed by atoms with Crippen LogP contribution in [0.25, 0.3) is 5.69 Å². The van der Waals surface area contributed by atoms with E-state index in [2.05, 4.69) is 25.9 Å². The van der Waals surface area contributed by atoms with Crippen LogP contribution in [0.5, 0.6) is 0 Å². The number of aromatic nitrogens is 4. The lowest BCUT2D eigenvalue weighted by Crippen LogP contribution is -2.30. The van der Waals surface area contributed by atoms with Gasteiger partial charge in [0.2, 0.25) is 5.82 Å². The molecule has 7 nitrogen and oxygen atoms in total. The first kappa shape index (κ1) is 14.4. The number of amides is 1. The van der Waals surface area contributed by atoms with Gasteiger partial charge in [0, 0.05) is 12.1 Å². The zero-order valence-corrected chi connectivity index (χ0v) is 12.9. The molecule has 1 aliphatic rings. The Morgan fingerprint density at radius 2 is 1.88 bits per heavy atom. The summed E-state index contributed by atoms with van der Waals surface area (Å²) in [5, 5.41) is 4.39. The van der Waals surface area contributed by atoms with Crippen LogP contribution in [0, 0.1) is 0 Å². The number of pyridine rings is 1. The number of benzene rings is 1. The Morgan fingerprint density at radius 3 is 2.58 bits per heavy atom. The standard InChI is InChI=1S/C17H16N6O/c24-17(21-20-14-8-4-5-11-18-14)15-19-16(12-9-10-12)23(22-15)13-6-2-1-3-7-13/h1-8,11-12H,9-10H2,(H,18,20)(H,21,24). The highest BCUT2D eigenvalue weighted by atomic mass is 16.2. The Kier molecular flexibility index (Phi) is 3.66. The summed E-state index contributed by atoms with van der Waals surface area (Å²) in [5.74, 6) is 1.52. The first-order valence-electron chi connectivity index (χ1n) is 7.81. The van der Waals surface area contributed by atoms with Crippen molar-refractivity contribution in [3.05, 3.63) is 66.4 Å². The van der Waals surface area contributed by atoms with Gasteiger partial charge in [-0.1, -0.05) is 24.3 Å². The summed E-state index contributed by atoms with van der Waals surface area (Å²) in [6.45, 7) is 0. The largest absolute Gasteiger partial charge is 0.309 e. The van der Waals surface area contributed by atoms with Crippen LogP contribution in [0.1, 0.15) is 35.2 Å². The normalized spacial score (nSPS) is 13.5. The number of nitrogens with zero attached hydrogens (tertiary/aromatic N) is 4. The maximum absolute atomic E-state index is 12.3. The van der Waals surface area contributed by atoms with Crippen LogP contribution in [0.4, 0.5) is 5.82 Å². The van der Waals surface area contributed by atoms with E-state index in [1.165, 1.54) is 0 Å². The van der Waals surface area contributed by atoms with Crippen molar-refractivity contribution < 1.29 is 4.79 Å². The monoisotopic (exact) mass is 320 g/mol. The SMILES string of the molecule is O=C(NNc1ccccn1)c1nc(C2CC2)n(-c2ccccc2)n1. The summed E-state index contributed by atoms with van der Waals surface area (Å²) in [6.07, 6.45) is 3.81. The molecule has 7 heteroatoms. The summed E-state index contributed by atoms with van der Waals surface area (Å²) >= 11 is 0. The number of hydrogen-bond donors (Lipinski definition) is 2. The molecule has 0 bridgehead atoms. The van der Waals surface area contributed by atoms with Crippen LogP contribution in [-0.4, -0.2) is 25.7 Å². The topological polar surface area (TPSA) is 84.7 Å². The second-order valence-corrected chi connectivity index (χ2v) is 5.61. The second-order valence-electron chi connectivity index (χ2n) is 5.61. The average Bonchev–Trinajstić information content (AvgIpc) is 3.39. The Bertz CT molecular complexity index is 842. The number of carbonyl (C=O) groups excluding carboxylic acids is 1. The number of carbonyl (C=O) groups is 1. The van der Waals surface area contributed by atoms with E-state index in [0.29, 0.717) is 11.7 Å². The van der Waals surface area contributed by atoms with Crippen LogP contribution < -0.4 is 10.9 Å². The van der Waals surface area contributed by atoms with Crippen molar-refractivity contribution in [2.75, 3.05) is 5.43 Å². The van der Waals surface area contributed by atoms with Gasteiger partial charge in [-0.25, -0.2) is 14.6 Å². The molecular formula is C17H16N6O. The predicted octanol–water partition coefficient (Wildman–Crippen LogP) is 2.30. The Balaban J connectivity index is 1.56. The lowest BCUT2D eigenvalue weighted by Gasteiger charge is -2.05. The minimum Gasteiger partial charge on any atom is -0.282 e. The van der Waals surface area contributed by atoms with Gasteiger partial charge in [-0.3, -0.25) is 15.6 Å². The van der Waals surface area contributed by atoms with Crippen molar-refractivity contribution in [3.8, 4) is 5.69 Å². The van der Waals surface area contributed by atoms with Crippen molar-refractivity contribution >= 4 is 11.7 Å². The molecule has 120 valence electrons. The fraction of sp³-hybridized carbons (Fsp3) is 0.176. The van der Waals surface area contributed by atoms with Gasteiger partial charge in [-0.15, -0.1) is 5.10 Å². The lowest BCUT2D eigenvalue weighted by molar-refractivity contribution is 0.0952. The maximum atomic E-state index is 12.3. The first-order valence-corrected chi connectivity index (χ1v) is 7.81. The molecule has 0 aliphatic heterocycles. The third kappa shape index (κ3) is 2.96. The quantitative estimate of drug-likeness (QED) is 0.705. The molecule has 1 amide bonds. The van der Waals surface area contributed by atoms with E-state index in [1.807, 2.05) is 36.4 Å². The van der Waals surface area contributed by atoms with Crippen molar-refractivity contribution in [2.45, 2.75) is 18.8 Å². The molecular weight excluding hydrogens is 304 g/mol. The lowest BCUT2D eigenvalue weighted by atomic mass is 10.3. The molecule has 2 aromatic heterocycles. The van der Waals surface area contributed by atoms with E-state index in [1.54, 1.807) is 23.0 Å². The Hall–Kier alpha value is -3.22. The number of anilines is 1. The Morgan fingerprint density at radius 1 is 1.08 bits per heavy atom. The van der Waals surface area contributed by atoms with Gasteiger partial charge in [-0.05, 0) is 37.1 Å². The number of rotatable bonds is 5. The smallest absolute Gasteiger partial charge is 0.282 e. The fourth-order valence-electron chi connectivity index (χ4n) is 2.40. The average molecular weight is 320 g/mol. The van der Waals surface area contributed by atoms with E-state index < -0.39 is 5.91 Å². The third-order valence-corrected chi connectivity index (χ3v) is 3.75. The minimum absolute atomic E-state index is 0.143. The van der Waals surface area contributed by atoms with E-state index in [-0.39, 0.29) is 5.82 Å². The van der Waals surface area contributed by atoms with Gasteiger partial charge in [0.25, 0.3) is 0 Å². The summed E-state index contributed by atoms with van der Waals surface area (Å²) in [5.41, 5.74) is 6.24. The van der Waals surface area contributed by atoms with E-state index >= 15 is 0 Å². The molecule has 24 heavy (non-hydrogen) atoms. The highest BCUT2D eigenvalue weighted by Gasteiger charge is 2.31. The molecule has 0 spiro atoms. The van der Waals surface area contributed by atoms with Gasteiger partial charge >= 0.3 is 5.91 Å². The molecule has 0 radical (unpaired) electrons. The third-order valence-electron chi connectivity index (χ3n) is 3.75. The fourth-order valence-corrected chi connectivity index (χ4v) is 2.40. The van der Waals surface area contributed by atoms with Crippen LogP contribution in [0.3, 0.4) is 0 Å². The minimum atomic E-state index is -0.391. The van der Waals surface area contributed by atoms with Crippen LogP contribution >= 0.6 is 0 Å². The van der Waals surface area contributed by atoms with Gasteiger partial charge in [0.15, 0.2) is 0 Å². The summed E-state index contributed by atoms with van der Waals surface area (Å²) in [6, 6.07) is 15.1. The zero-order chi connectivity index (χ0) is 16.4. The number of para-hydroxylation sites is 1. The zero-order valence-electron chi connectivity index (χ0n) is 12.9. The van der Waals surface area contributed by atoms with Crippen molar-refractivity contribution in [2.24, 2.45) is 0 Å². The van der Waals surface area contributed by atoms with Crippen molar-refractivity contribution in [1.82, 2.24) is 25.2 Å². The molecule has 1 aliphatic carbocycles. The molecule has 1 fully saturated rings. The van der Waals surface area contributed by atoms with Gasteiger partial charge in [0.1, 0.15) is 11.6 Å². The number of hydrogen-bond acceptors (Lipinski definition) is 5. The predicted molar refractivity (Wildman–Crippen MR) is 88.7 cm³/mol. The molecule has 1 aromatic carbocycles. The summed E-state index contributed by atoms with van der Waals surface area (Å²) < 4.78 is 1.76. The highest BCUT2D eigenvalue weighted by molar-refractivity contribution is 5.91. The maximum Gasteiger partial charge on any atom is 0.309 e. The molecule has 3 aromatic rings. The number of nitrogens with one attached hydrogen (secondary N) is 2. The Labute approximate surface area is 138 Å². The van der Waals surface area contributed by atoms with Crippen molar-refractivity contribution in [1.29, 1.82) is 0 Å². The second kappa shape index (κ2) is 6.11. The molecule has 0 atom stereocenters. The molecule has 2 heterocycles. The van der Waals surface area contributed by atoms with Gasteiger partial charge in [-0.2, -0.15) is 0 Å². The highest BCUT2D eigenvalue weighted by Crippen LogP contribution is 2.39. The van der Waals surface area contributed by atoms with Crippen LogP contribution in [-0.2, 0) is 0 Å².